The maximum atomic E-state index is 5.82. The molecule has 0 aromatic rings. The minimum atomic E-state index is 0.318. The second-order valence-electron chi connectivity index (χ2n) is 7.70. The van der Waals surface area contributed by atoms with E-state index in [0.717, 1.165) is 45.0 Å². The van der Waals surface area contributed by atoms with Crippen LogP contribution in [-0.2, 0) is 4.74 Å². The SMILES string of the molecule is CCNC(=NCCCCN1CCN(CC)CC1)NCCC(OCC)C(C)C. The van der Waals surface area contributed by atoms with E-state index in [9.17, 15) is 0 Å². The molecule has 1 saturated heterocycles. The lowest BCUT2D eigenvalue weighted by atomic mass is 10.0. The highest BCUT2D eigenvalue weighted by Gasteiger charge is 2.14. The van der Waals surface area contributed by atoms with E-state index >= 15 is 0 Å². The number of unbranched alkanes of at least 4 members (excludes halogenated alkanes) is 1. The molecule has 1 unspecified atom stereocenters. The van der Waals surface area contributed by atoms with Gasteiger partial charge >= 0.3 is 0 Å². The maximum absolute atomic E-state index is 5.82. The van der Waals surface area contributed by atoms with Crippen molar-refractivity contribution in [2.75, 3.05) is 65.5 Å². The molecule has 160 valence electrons. The maximum Gasteiger partial charge on any atom is 0.191 e. The molecule has 0 aromatic heterocycles. The Morgan fingerprint density at radius 1 is 1.00 bits per heavy atom. The minimum Gasteiger partial charge on any atom is -0.378 e. The molecule has 27 heavy (non-hydrogen) atoms. The summed E-state index contributed by atoms with van der Waals surface area (Å²) in [5, 5.41) is 6.81. The monoisotopic (exact) mass is 383 g/mol. The molecule has 1 heterocycles. The van der Waals surface area contributed by atoms with Gasteiger partial charge in [-0.2, -0.15) is 0 Å². The highest BCUT2D eigenvalue weighted by molar-refractivity contribution is 5.79. The van der Waals surface area contributed by atoms with Gasteiger partial charge in [-0.1, -0.05) is 20.8 Å². The summed E-state index contributed by atoms with van der Waals surface area (Å²) in [5.74, 6) is 1.48. The minimum absolute atomic E-state index is 0.318. The first-order valence-corrected chi connectivity index (χ1v) is 11.2. The van der Waals surface area contributed by atoms with E-state index in [1.54, 1.807) is 0 Å². The number of likely N-dealkylation sites (N-methyl/N-ethyl adjacent to an activating group) is 1. The summed E-state index contributed by atoms with van der Waals surface area (Å²) in [5.41, 5.74) is 0. The number of rotatable bonds is 13. The zero-order valence-corrected chi connectivity index (χ0v) is 18.6. The lowest BCUT2D eigenvalue weighted by Gasteiger charge is -2.33. The van der Waals surface area contributed by atoms with Crippen LogP contribution in [0.4, 0.5) is 0 Å². The molecular formula is C21H45N5O. The third-order valence-electron chi connectivity index (χ3n) is 5.25. The number of nitrogens with one attached hydrogen (secondary N) is 2. The van der Waals surface area contributed by atoms with Gasteiger partial charge in [0.1, 0.15) is 0 Å². The zero-order valence-electron chi connectivity index (χ0n) is 18.6. The first-order valence-electron chi connectivity index (χ1n) is 11.2. The lowest BCUT2D eigenvalue weighted by Crippen LogP contribution is -2.46. The van der Waals surface area contributed by atoms with Gasteiger partial charge in [0.05, 0.1) is 6.10 Å². The van der Waals surface area contributed by atoms with Crippen molar-refractivity contribution in [3.8, 4) is 0 Å². The van der Waals surface area contributed by atoms with Gasteiger partial charge in [-0.15, -0.1) is 0 Å². The lowest BCUT2D eigenvalue weighted by molar-refractivity contribution is 0.0258. The molecule has 0 amide bonds. The van der Waals surface area contributed by atoms with Crippen LogP contribution < -0.4 is 10.6 Å². The molecular weight excluding hydrogens is 338 g/mol. The van der Waals surface area contributed by atoms with Crippen LogP contribution in [0, 0.1) is 5.92 Å². The van der Waals surface area contributed by atoms with Crippen molar-refractivity contribution in [1.29, 1.82) is 0 Å². The number of piperazine rings is 1. The third kappa shape index (κ3) is 10.9. The molecule has 1 fully saturated rings. The summed E-state index contributed by atoms with van der Waals surface area (Å²) in [6.07, 6.45) is 3.71. The Bertz CT molecular complexity index is 381. The Morgan fingerprint density at radius 2 is 1.70 bits per heavy atom. The number of guanidine groups is 1. The van der Waals surface area contributed by atoms with Gasteiger partial charge < -0.3 is 25.2 Å². The van der Waals surface area contributed by atoms with Crippen molar-refractivity contribution in [1.82, 2.24) is 20.4 Å². The standard InChI is InChI=1S/C21H45N5O/c1-6-22-21(24-13-11-20(19(4)5)27-8-3)23-12-9-10-14-26-17-15-25(7-2)16-18-26/h19-20H,6-18H2,1-5H3,(H2,22,23,24). The number of ether oxygens (including phenoxy) is 1. The Labute approximate surface area is 168 Å². The van der Waals surface area contributed by atoms with Gasteiger partial charge in [-0.25, -0.2) is 0 Å². The molecule has 2 N–H and O–H groups in total. The highest BCUT2D eigenvalue weighted by Crippen LogP contribution is 2.10. The topological polar surface area (TPSA) is 52.1 Å². The Morgan fingerprint density at radius 3 is 2.30 bits per heavy atom. The average Bonchev–Trinajstić information content (AvgIpc) is 2.67. The number of aliphatic imine (C=N–C) groups is 1. The Hall–Kier alpha value is -0.850. The van der Waals surface area contributed by atoms with Crippen LogP contribution in [0.25, 0.3) is 0 Å². The third-order valence-corrected chi connectivity index (χ3v) is 5.25. The molecule has 0 saturated carbocycles. The van der Waals surface area contributed by atoms with Crippen molar-refractivity contribution >= 4 is 5.96 Å². The van der Waals surface area contributed by atoms with Crippen molar-refractivity contribution < 1.29 is 4.74 Å². The van der Waals surface area contributed by atoms with Crippen LogP contribution in [0.1, 0.15) is 53.9 Å². The predicted molar refractivity (Wildman–Crippen MR) is 117 cm³/mol. The van der Waals surface area contributed by atoms with E-state index in [1.807, 2.05) is 0 Å². The molecule has 6 heteroatoms. The molecule has 0 aliphatic carbocycles. The van der Waals surface area contributed by atoms with E-state index in [-0.39, 0.29) is 0 Å². The van der Waals surface area contributed by atoms with Crippen molar-refractivity contribution in [2.45, 2.75) is 60.0 Å². The Kier molecular flexibility index (Phi) is 13.5. The van der Waals surface area contributed by atoms with Crippen LogP contribution in [0.2, 0.25) is 0 Å². The fourth-order valence-corrected chi connectivity index (χ4v) is 3.46. The zero-order chi connectivity index (χ0) is 19.9. The van der Waals surface area contributed by atoms with Gasteiger partial charge in [0.2, 0.25) is 0 Å². The smallest absolute Gasteiger partial charge is 0.191 e. The van der Waals surface area contributed by atoms with E-state index in [4.69, 9.17) is 9.73 Å². The van der Waals surface area contributed by atoms with Crippen molar-refractivity contribution in [3.63, 3.8) is 0 Å². The van der Waals surface area contributed by atoms with Crippen LogP contribution in [0.15, 0.2) is 4.99 Å². The number of hydrogen-bond acceptors (Lipinski definition) is 4. The number of nitrogens with zero attached hydrogens (tertiary/aromatic N) is 3. The summed E-state index contributed by atoms with van der Waals surface area (Å²) in [7, 11) is 0. The molecule has 1 aliphatic heterocycles. The fourth-order valence-electron chi connectivity index (χ4n) is 3.46. The normalized spacial score (nSPS) is 18.1. The van der Waals surface area contributed by atoms with E-state index in [0.29, 0.717) is 12.0 Å². The van der Waals surface area contributed by atoms with Crippen LogP contribution in [0.3, 0.4) is 0 Å². The van der Waals surface area contributed by atoms with Crippen molar-refractivity contribution in [2.24, 2.45) is 10.9 Å². The summed E-state index contributed by atoms with van der Waals surface area (Å²) in [4.78, 5) is 9.86. The largest absolute Gasteiger partial charge is 0.378 e. The van der Waals surface area contributed by atoms with Crippen LogP contribution in [-0.4, -0.2) is 87.4 Å². The summed E-state index contributed by atoms with van der Waals surface area (Å²) in [6.45, 7) is 21.6. The molecule has 6 nitrogen and oxygen atoms in total. The van der Waals surface area contributed by atoms with Gasteiger partial charge in [0.25, 0.3) is 0 Å². The molecule has 1 aliphatic rings. The van der Waals surface area contributed by atoms with E-state index in [1.165, 1.54) is 45.7 Å². The quantitative estimate of drug-likeness (QED) is 0.291. The van der Waals surface area contributed by atoms with Gasteiger partial charge in [-0.3, -0.25) is 4.99 Å². The fraction of sp³-hybridized carbons (Fsp3) is 0.952. The second-order valence-corrected chi connectivity index (χ2v) is 7.70. The molecule has 1 rings (SSSR count). The van der Waals surface area contributed by atoms with Gasteiger partial charge in [-0.05, 0) is 52.1 Å². The van der Waals surface area contributed by atoms with Crippen molar-refractivity contribution in [3.05, 3.63) is 0 Å². The highest BCUT2D eigenvalue weighted by atomic mass is 16.5. The first kappa shape index (κ1) is 24.2. The van der Waals surface area contributed by atoms with Gasteiger partial charge in [0.15, 0.2) is 5.96 Å². The molecule has 1 atom stereocenters. The summed E-state index contributed by atoms with van der Waals surface area (Å²) < 4.78 is 5.82. The summed E-state index contributed by atoms with van der Waals surface area (Å²) in [6, 6.07) is 0. The molecule has 0 radical (unpaired) electrons. The van der Waals surface area contributed by atoms with Crippen LogP contribution in [0.5, 0.6) is 0 Å². The average molecular weight is 384 g/mol. The Balaban J connectivity index is 2.20. The number of hydrogen-bond donors (Lipinski definition) is 2. The second kappa shape index (κ2) is 15.1. The molecule has 0 bridgehead atoms. The van der Waals surface area contributed by atoms with E-state index in [2.05, 4.69) is 55.1 Å². The predicted octanol–water partition coefficient (Wildman–Crippen LogP) is 2.41. The molecule has 0 aromatic carbocycles. The summed E-state index contributed by atoms with van der Waals surface area (Å²) >= 11 is 0. The van der Waals surface area contributed by atoms with Gasteiger partial charge in [0, 0.05) is 52.4 Å². The van der Waals surface area contributed by atoms with E-state index < -0.39 is 0 Å². The van der Waals surface area contributed by atoms with Crippen LogP contribution >= 0.6 is 0 Å². The first-order chi connectivity index (χ1) is 13.1. The molecule has 0 spiro atoms.